The zero-order valence-electron chi connectivity index (χ0n) is 17.8. The Balaban J connectivity index is 1.29. The van der Waals surface area contributed by atoms with E-state index in [4.69, 9.17) is 9.47 Å². The van der Waals surface area contributed by atoms with Gasteiger partial charge in [0.1, 0.15) is 23.2 Å². The Labute approximate surface area is 185 Å². The number of hydrogen-bond acceptors (Lipinski definition) is 8. The zero-order chi connectivity index (χ0) is 22.3. The van der Waals surface area contributed by atoms with Gasteiger partial charge in [-0.3, -0.25) is 14.5 Å². The maximum atomic E-state index is 12.3. The molecule has 32 heavy (non-hydrogen) atoms. The Morgan fingerprint density at radius 3 is 2.84 bits per heavy atom. The lowest BCUT2D eigenvalue weighted by Crippen LogP contribution is -2.51. The number of rotatable bonds is 8. The maximum Gasteiger partial charge on any atom is 0.271 e. The summed E-state index contributed by atoms with van der Waals surface area (Å²) in [6.07, 6.45) is 7.98. The fourth-order valence-corrected chi connectivity index (χ4v) is 3.75. The molecule has 1 saturated heterocycles. The van der Waals surface area contributed by atoms with E-state index in [9.17, 15) is 9.90 Å². The molecule has 0 radical (unpaired) electrons. The minimum atomic E-state index is -0.472. The van der Waals surface area contributed by atoms with Crippen LogP contribution in [0.1, 0.15) is 29.8 Å². The van der Waals surface area contributed by atoms with Crippen LogP contribution in [0.25, 0.3) is 11.3 Å². The minimum absolute atomic E-state index is 0.0366. The highest BCUT2D eigenvalue weighted by molar-refractivity contribution is 5.92. The molecule has 2 aromatic heterocycles. The molecule has 2 N–H and O–H groups in total. The molecule has 1 aromatic carbocycles. The number of aliphatic hydroxyl groups excluding tert-OH is 1. The number of aryl methyl sites for hydroxylation is 1. The number of ether oxygens (including phenoxy) is 2. The lowest BCUT2D eigenvalue weighted by Gasteiger charge is -2.36. The van der Waals surface area contributed by atoms with Crippen molar-refractivity contribution in [2.75, 3.05) is 13.7 Å². The number of nitrogens with one attached hydrogen (secondary N) is 1. The second-order valence-corrected chi connectivity index (χ2v) is 7.61. The Kier molecular flexibility index (Phi) is 7.03. The number of aliphatic hydroxyl groups is 1. The van der Waals surface area contributed by atoms with Crippen LogP contribution in [0, 0.1) is 0 Å². The molecule has 0 spiro atoms. The Morgan fingerprint density at radius 2 is 2.12 bits per heavy atom. The van der Waals surface area contributed by atoms with Gasteiger partial charge in [-0.25, -0.2) is 4.98 Å². The lowest BCUT2D eigenvalue weighted by molar-refractivity contribution is -0.0912. The number of methoxy groups -OCH3 is 1. The molecule has 0 bridgehead atoms. The van der Waals surface area contributed by atoms with Gasteiger partial charge in [-0.1, -0.05) is 5.21 Å². The molecule has 168 valence electrons. The molecule has 4 rings (SSSR count). The van der Waals surface area contributed by atoms with Crippen molar-refractivity contribution in [3.05, 3.63) is 54.7 Å². The van der Waals surface area contributed by atoms with Crippen LogP contribution in [0.4, 0.5) is 0 Å². The molecule has 3 aromatic rings. The zero-order valence-corrected chi connectivity index (χ0v) is 17.8. The number of carbonyl (C=O) groups excluding carboxylic acids is 1. The van der Waals surface area contributed by atoms with Crippen LogP contribution < -0.4 is 10.1 Å². The lowest BCUT2D eigenvalue weighted by atomic mass is 9.97. The highest BCUT2D eigenvalue weighted by Crippen LogP contribution is 2.23. The van der Waals surface area contributed by atoms with Gasteiger partial charge in [0.05, 0.1) is 38.3 Å². The van der Waals surface area contributed by atoms with Crippen LogP contribution in [0.5, 0.6) is 5.75 Å². The number of aromatic nitrogens is 5. The van der Waals surface area contributed by atoms with Crippen molar-refractivity contribution in [2.24, 2.45) is 0 Å². The van der Waals surface area contributed by atoms with Gasteiger partial charge >= 0.3 is 0 Å². The first-order valence-electron chi connectivity index (χ1n) is 10.5. The average molecular weight is 438 g/mol. The Hall–Kier alpha value is -3.37. The molecular formula is C22H26N6O4. The van der Waals surface area contributed by atoms with Gasteiger partial charge in [0.2, 0.25) is 0 Å². The Morgan fingerprint density at radius 1 is 1.28 bits per heavy atom. The molecule has 10 nitrogen and oxygen atoms in total. The molecule has 3 atom stereocenters. The summed E-state index contributed by atoms with van der Waals surface area (Å²) < 4.78 is 13.0. The molecule has 1 aliphatic rings. The third-order valence-electron chi connectivity index (χ3n) is 5.51. The van der Waals surface area contributed by atoms with Gasteiger partial charge < -0.3 is 19.9 Å². The SMILES string of the molecule is COc1ccc(-c2cn(CC[C@H]3CC[C@@H](NC(=O)c4cnccn4)[C@H](CO)O3)nn2)cc1. The predicted molar refractivity (Wildman–Crippen MR) is 115 cm³/mol. The maximum absolute atomic E-state index is 12.3. The van der Waals surface area contributed by atoms with Gasteiger partial charge in [0.25, 0.3) is 5.91 Å². The number of hydrogen-bond donors (Lipinski definition) is 2. The van der Waals surface area contributed by atoms with Crippen molar-refractivity contribution in [1.29, 1.82) is 0 Å². The minimum Gasteiger partial charge on any atom is -0.497 e. The van der Waals surface area contributed by atoms with Crippen molar-refractivity contribution >= 4 is 5.91 Å². The second kappa shape index (κ2) is 10.3. The van der Waals surface area contributed by atoms with E-state index in [0.29, 0.717) is 13.0 Å². The molecule has 0 aliphatic carbocycles. The summed E-state index contributed by atoms with van der Waals surface area (Å²) in [7, 11) is 1.63. The predicted octanol–water partition coefficient (Wildman–Crippen LogP) is 1.47. The van der Waals surface area contributed by atoms with Crippen molar-refractivity contribution < 1.29 is 19.4 Å². The van der Waals surface area contributed by atoms with E-state index in [0.717, 1.165) is 29.8 Å². The van der Waals surface area contributed by atoms with Crippen LogP contribution >= 0.6 is 0 Å². The van der Waals surface area contributed by atoms with Crippen molar-refractivity contribution in [2.45, 2.75) is 44.1 Å². The molecule has 0 unspecified atom stereocenters. The van der Waals surface area contributed by atoms with E-state index in [2.05, 4.69) is 25.6 Å². The van der Waals surface area contributed by atoms with E-state index in [1.807, 2.05) is 30.5 Å². The van der Waals surface area contributed by atoms with E-state index in [1.54, 1.807) is 11.8 Å². The average Bonchev–Trinajstić information content (AvgIpc) is 3.33. The molecular weight excluding hydrogens is 412 g/mol. The summed E-state index contributed by atoms with van der Waals surface area (Å²) in [5, 5.41) is 21.1. The molecule has 1 amide bonds. The third kappa shape index (κ3) is 5.27. The summed E-state index contributed by atoms with van der Waals surface area (Å²) in [5.41, 5.74) is 2.00. The standard InChI is InChI=1S/C22H26N6O4/c1-31-16-4-2-15(3-5-16)20-13-28(27-26-20)11-8-17-6-7-18(21(14-29)32-17)25-22(30)19-12-23-9-10-24-19/h2-5,9-10,12-13,17-18,21,29H,6-8,11,14H2,1H3,(H,25,30)/t17-,18-,21+/m1/s1. The van der Waals surface area contributed by atoms with Gasteiger partial charge in [0, 0.05) is 24.5 Å². The number of amides is 1. The second-order valence-electron chi connectivity index (χ2n) is 7.61. The summed E-state index contributed by atoms with van der Waals surface area (Å²) in [6.45, 7) is 0.468. The van der Waals surface area contributed by atoms with Crippen LogP contribution in [-0.2, 0) is 11.3 Å². The molecule has 3 heterocycles. The van der Waals surface area contributed by atoms with Gasteiger partial charge in [-0.2, -0.15) is 0 Å². The highest BCUT2D eigenvalue weighted by atomic mass is 16.5. The fourth-order valence-electron chi connectivity index (χ4n) is 3.75. The van der Waals surface area contributed by atoms with Crippen LogP contribution in [0.3, 0.4) is 0 Å². The summed E-state index contributed by atoms with van der Waals surface area (Å²) in [6, 6.07) is 7.38. The Bertz CT molecular complexity index is 1010. The van der Waals surface area contributed by atoms with Crippen molar-refractivity contribution in [1.82, 2.24) is 30.3 Å². The molecule has 10 heteroatoms. The van der Waals surface area contributed by atoms with E-state index < -0.39 is 6.10 Å². The van der Waals surface area contributed by atoms with E-state index in [1.165, 1.54) is 18.6 Å². The van der Waals surface area contributed by atoms with Crippen LogP contribution in [0.2, 0.25) is 0 Å². The van der Waals surface area contributed by atoms with Crippen LogP contribution in [0.15, 0.2) is 49.1 Å². The fraction of sp³-hybridized carbons (Fsp3) is 0.409. The summed E-state index contributed by atoms with van der Waals surface area (Å²) in [4.78, 5) is 20.3. The molecule has 1 fully saturated rings. The molecule has 0 saturated carbocycles. The van der Waals surface area contributed by atoms with Crippen molar-refractivity contribution in [3.63, 3.8) is 0 Å². The first-order valence-corrected chi connectivity index (χ1v) is 10.5. The normalized spacial score (nSPS) is 20.6. The quantitative estimate of drug-likeness (QED) is 0.542. The summed E-state index contributed by atoms with van der Waals surface area (Å²) >= 11 is 0. The molecule has 1 aliphatic heterocycles. The number of nitrogens with zero attached hydrogens (tertiary/aromatic N) is 5. The first kappa shape index (κ1) is 21.8. The van der Waals surface area contributed by atoms with Crippen molar-refractivity contribution in [3.8, 4) is 17.0 Å². The number of benzene rings is 1. The third-order valence-corrected chi connectivity index (χ3v) is 5.51. The van der Waals surface area contributed by atoms with E-state index in [-0.39, 0.29) is 30.4 Å². The number of carbonyl (C=O) groups is 1. The van der Waals surface area contributed by atoms with Gasteiger partial charge in [-0.05, 0) is 43.5 Å². The van der Waals surface area contributed by atoms with Gasteiger partial charge in [0.15, 0.2) is 0 Å². The van der Waals surface area contributed by atoms with Crippen LogP contribution in [-0.4, -0.2) is 67.9 Å². The van der Waals surface area contributed by atoms with E-state index >= 15 is 0 Å². The first-order chi connectivity index (χ1) is 15.7. The van der Waals surface area contributed by atoms with Gasteiger partial charge in [-0.15, -0.1) is 5.10 Å². The summed E-state index contributed by atoms with van der Waals surface area (Å²) in [5.74, 6) is 0.470. The largest absolute Gasteiger partial charge is 0.497 e. The monoisotopic (exact) mass is 438 g/mol. The topological polar surface area (TPSA) is 124 Å². The smallest absolute Gasteiger partial charge is 0.271 e. The highest BCUT2D eigenvalue weighted by Gasteiger charge is 2.32.